The Hall–Kier alpha value is -6.31. The van der Waals surface area contributed by atoms with Gasteiger partial charge in [0.25, 0.3) is 11.8 Å². The SMILES string of the molecule is COc1ccc(COC[C@H]2O[C@@H](Sc3ccccc3)[C@H](N3C(=O)c4ccccc4C3=O)[C@@H](OC(C)=O)[C@@H]2O[C@H]2O[C@@H]3COC(c4ccc(OC)cc4)O[C@H]3[C@H](OCc3ccccc3)[C@H]2N=[N+]=[N-])cc1. The lowest BCUT2D eigenvalue weighted by Gasteiger charge is -2.51. The van der Waals surface area contributed by atoms with E-state index in [1.54, 1.807) is 50.6 Å². The van der Waals surface area contributed by atoms with Gasteiger partial charge < -0.3 is 47.4 Å². The molecule has 9 rings (SSSR count). The molecular weight excluding hydrogens is 909 g/mol. The van der Waals surface area contributed by atoms with Crippen LogP contribution in [0.4, 0.5) is 0 Å². The summed E-state index contributed by atoms with van der Waals surface area (Å²) in [5, 5.41) is 4.24. The molecule has 4 aliphatic heterocycles. The Morgan fingerprint density at radius 2 is 1.38 bits per heavy atom. The van der Waals surface area contributed by atoms with Crippen LogP contribution in [0, 0.1) is 0 Å². The fourth-order valence-electron chi connectivity index (χ4n) is 8.91. The number of methoxy groups -OCH3 is 2. The van der Waals surface area contributed by atoms with E-state index < -0.39 is 84.5 Å². The number of fused-ring (bicyclic) bond motifs is 2. The second-order valence-corrected chi connectivity index (χ2v) is 17.7. The average Bonchev–Trinajstić information content (AvgIpc) is 3.63. The van der Waals surface area contributed by atoms with Crippen molar-refractivity contribution < 1.29 is 61.8 Å². The van der Waals surface area contributed by atoms with Crippen molar-refractivity contribution in [3.63, 3.8) is 0 Å². The summed E-state index contributed by atoms with van der Waals surface area (Å²) in [6, 6.07) is 37.3. The number of esters is 1. The molecule has 2 amide bonds. The average molecular weight is 959 g/mol. The highest BCUT2D eigenvalue weighted by molar-refractivity contribution is 7.99. The molecule has 1 unspecified atom stereocenters. The Bertz CT molecular complexity index is 2570. The summed E-state index contributed by atoms with van der Waals surface area (Å²) in [6.07, 6.45) is -8.76. The molecular formula is C51H50N4O13S. The first-order chi connectivity index (χ1) is 33.7. The predicted molar refractivity (Wildman–Crippen MR) is 248 cm³/mol. The van der Waals surface area contributed by atoms with Gasteiger partial charge in [0.15, 0.2) is 18.7 Å². The Balaban J connectivity index is 1.10. The zero-order chi connectivity index (χ0) is 47.9. The first-order valence-corrected chi connectivity index (χ1v) is 23.2. The second-order valence-electron chi connectivity index (χ2n) is 16.6. The minimum Gasteiger partial charge on any atom is -0.497 e. The molecule has 0 spiro atoms. The van der Waals surface area contributed by atoms with Gasteiger partial charge in [0, 0.05) is 22.3 Å². The molecule has 11 atom stereocenters. The van der Waals surface area contributed by atoms with Gasteiger partial charge in [0.1, 0.15) is 59.5 Å². The van der Waals surface area contributed by atoms with Crippen molar-refractivity contribution in [2.75, 3.05) is 27.4 Å². The van der Waals surface area contributed by atoms with Crippen molar-refractivity contribution in [1.29, 1.82) is 0 Å². The number of ether oxygens (including phenoxy) is 10. The minimum absolute atomic E-state index is 0.00576. The van der Waals surface area contributed by atoms with Crippen LogP contribution in [0.5, 0.6) is 11.5 Å². The first kappa shape index (κ1) is 47.7. The van der Waals surface area contributed by atoms with Crippen LogP contribution < -0.4 is 9.47 Å². The van der Waals surface area contributed by atoms with Crippen LogP contribution in [-0.4, -0.2) is 111 Å². The van der Waals surface area contributed by atoms with E-state index >= 15 is 0 Å². The highest BCUT2D eigenvalue weighted by Gasteiger charge is 2.59. The number of imide groups is 1. The molecule has 358 valence electrons. The molecule has 4 aliphatic rings. The van der Waals surface area contributed by atoms with E-state index in [4.69, 9.17) is 47.4 Å². The molecule has 0 aromatic heterocycles. The van der Waals surface area contributed by atoms with Gasteiger partial charge in [0.2, 0.25) is 0 Å². The maximum absolute atomic E-state index is 14.5. The lowest BCUT2D eigenvalue weighted by molar-refractivity contribution is -0.361. The van der Waals surface area contributed by atoms with Gasteiger partial charge in [-0.05, 0) is 65.2 Å². The summed E-state index contributed by atoms with van der Waals surface area (Å²) in [5.74, 6) is -0.605. The number of benzene rings is 5. The van der Waals surface area contributed by atoms with Crippen LogP contribution >= 0.6 is 11.8 Å². The molecule has 17 nitrogen and oxygen atoms in total. The molecule has 18 heteroatoms. The first-order valence-electron chi connectivity index (χ1n) is 22.4. The molecule has 0 radical (unpaired) electrons. The second kappa shape index (κ2) is 22.0. The van der Waals surface area contributed by atoms with Crippen molar-refractivity contribution in [2.24, 2.45) is 5.11 Å². The highest BCUT2D eigenvalue weighted by atomic mass is 32.2. The third-order valence-electron chi connectivity index (χ3n) is 12.2. The van der Waals surface area contributed by atoms with Crippen LogP contribution in [0.2, 0.25) is 0 Å². The Kier molecular flexibility index (Phi) is 15.2. The van der Waals surface area contributed by atoms with Gasteiger partial charge >= 0.3 is 5.97 Å². The molecule has 5 aromatic rings. The fraction of sp³-hybridized carbons (Fsp3) is 0.353. The van der Waals surface area contributed by atoms with E-state index in [0.717, 1.165) is 20.9 Å². The topological polar surface area (TPSA) is 196 Å². The van der Waals surface area contributed by atoms with Crippen LogP contribution in [0.3, 0.4) is 0 Å². The highest BCUT2D eigenvalue weighted by Crippen LogP contribution is 2.44. The molecule has 0 saturated carbocycles. The number of hydrogen-bond acceptors (Lipinski definition) is 15. The number of hydrogen-bond donors (Lipinski definition) is 0. The number of carbonyl (C=O) groups excluding carboxylic acids is 3. The molecule has 4 heterocycles. The molecule has 0 N–H and O–H groups in total. The zero-order valence-electron chi connectivity index (χ0n) is 37.9. The van der Waals surface area contributed by atoms with Crippen LogP contribution in [0.15, 0.2) is 143 Å². The van der Waals surface area contributed by atoms with Crippen molar-refractivity contribution in [2.45, 2.75) is 91.8 Å². The van der Waals surface area contributed by atoms with E-state index in [9.17, 15) is 19.9 Å². The van der Waals surface area contributed by atoms with E-state index in [2.05, 4.69) is 10.0 Å². The summed E-state index contributed by atoms with van der Waals surface area (Å²) in [7, 11) is 3.16. The summed E-state index contributed by atoms with van der Waals surface area (Å²) in [4.78, 5) is 47.4. The standard InChI is InChI=1S/C51H50N4O13S/c1-30(56)64-46-42(55-47(57)37-16-10-11-17-38(37)48(55)58)51(69-36-14-8-5-9-15-36)66-39(28-61-26-32-18-22-34(59-2)23-19-32)44(46)68-50-41(53-54-52)45(62-27-31-12-6-4-7-13-31)43-40(65-50)29-63-49(67-43)33-20-24-35(60-3)25-21-33/h4-25,39-46,49-51H,26-29H2,1-3H3/t39-,40-,41-,42-,43-,44-,45-,46-,49?,50-,51+/m1/s1. The number of amides is 2. The zero-order valence-corrected chi connectivity index (χ0v) is 38.7. The fourth-order valence-corrected chi connectivity index (χ4v) is 10.1. The number of rotatable bonds is 17. The largest absolute Gasteiger partial charge is 0.497 e. The van der Waals surface area contributed by atoms with E-state index in [0.29, 0.717) is 17.1 Å². The molecule has 0 bridgehead atoms. The Morgan fingerprint density at radius 3 is 2.01 bits per heavy atom. The third-order valence-corrected chi connectivity index (χ3v) is 13.4. The molecule has 69 heavy (non-hydrogen) atoms. The minimum atomic E-state index is -1.43. The monoisotopic (exact) mass is 958 g/mol. The van der Waals surface area contributed by atoms with Crippen molar-refractivity contribution in [3.05, 3.63) is 172 Å². The lowest BCUT2D eigenvalue weighted by atomic mass is 9.93. The summed E-state index contributed by atoms with van der Waals surface area (Å²) < 4.78 is 63.5. The van der Waals surface area contributed by atoms with Crippen LogP contribution in [-0.2, 0) is 55.9 Å². The van der Waals surface area contributed by atoms with Gasteiger partial charge in [-0.1, -0.05) is 102 Å². The van der Waals surface area contributed by atoms with Crippen molar-refractivity contribution >= 4 is 29.5 Å². The summed E-state index contributed by atoms with van der Waals surface area (Å²) in [5.41, 5.74) is 11.9. The van der Waals surface area contributed by atoms with Gasteiger partial charge in [0.05, 0.1) is 51.8 Å². The maximum atomic E-state index is 14.5. The smallest absolute Gasteiger partial charge is 0.303 e. The van der Waals surface area contributed by atoms with Crippen LogP contribution in [0.1, 0.15) is 50.6 Å². The predicted octanol–water partition coefficient (Wildman–Crippen LogP) is 7.82. The van der Waals surface area contributed by atoms with Crippen LogP contribution in [0.25, 0.3) is 10.4 Å². The van der Waals surface area contributed by atoms with Gasteiger partial charge in [-0.15, -0.1) is 0 Å². The van der Waals surface area contributed by atoms with Crippen molar-refractivity contribution in [3.8, 4) is 11.5 Å². The molecule has 5 aromatic carbocycles. The van der Waals surface area contributed by atoms with Gasteiger partial charge in [-0.2, -0.15) is 0 Å². The summed E-state index contributed by atoms with van der Waals surface area (Å²) >= 11 is 1.25. The van der Waals surface area contributed by atoms with Gasteiger partial charge in [-0.3, -0.25) is 19.3 Å². The van der Waals surface area contributed by atoms with Gasteiger partial charge in [-0.25, -0.2) is 0 Å². The maximum Gasteiger partial charge on any atom is 0.303 e. The Labute approximate surface area is 402 Å². The number of thioether (sulfide) groups is 1. The van der Waals surface area contributed by atoms with Crippen molar-refractivity contribution in [1.82, 2.24) is 4.90 Å². The normalized spacial score (nSPS) is 27.4. The Morgan fingerprint density at radius 1 is 0.754 bits per heavy atom. The molecule has 0 aliphatic carbocycles. The van der Waals surface area contributed by atoms with E-state index in [1.165, 1.54) is 18.7 Å². The third kappa shape index (κ3) is 10.6. The van der Waals surface area contributed by atoms with E-state index in [-0.39, 0.29) is 37.6 Å². The van der Waals surface area contributed by atoms with E-state index in [1.807, 2.05) is 97.1 Å². The summed E-state index contributed by atoms with van der Waals surface area (Å²) in [6.45, 7) is 1.34. The number of carbonyl (C=O) groups is 3. The lowest BCUT2D eigenvalue weighted by Crippen LogP contribution is -2.68. The number of nitrogens with zero attached hydrogens (tertiary/aromatic N) is 4. The quantitative estimate of drug-likeness (QED) is 0.0288. The molecule has 3 fully saturated rings. The molecule has 3 saturated heterocycles. The number of azide groups is 1.